The lowest BCUT2D eigenvalue weighted by Crippen LogP contribution is -2.30. The van der Waals surface area contributed by atoms with Gasteiger partial charge in [-0.15, -0.1) is 0 Å². The number of carbonyl (C=O) groups is 1. The van der Waals surface area contributed by atoms with Gasteiger partial charge in [0.25, 0.3) is 5.91 Å². The van der Waals surface area contributed by atoms with Crippen LogP contribution in [0.1, 0.15) is 16.1 Å². The summed E-state index contributed by atoms with van der Waals surface area (Å²) in [5.41, 5.74) is 0.186. The number of anilines is 1. The highest BCUT2D eigenvalue weighted by molar-refractivity contribution is 6.07. The van der Waals surface area contributed by atoms with Crippen molar-refractivity contribution in [2.24, 2.45) is 7.05 Å². The lowest BCUT2D eigenvalue weighted by molar-refractivity contribution is -0.137. The number of halogens is 3. The highest BCUT2D eigenvalue weighted by Gasteiger charge is 2.32. The molecular formula is C16H13F3N4O. The van der Waals surface area contributed by atoms with Crippen LogP contribution in [0.4, 0.5) is 19.1 Å². The first-order valence-electron chi connectivity index (χ1n) is 7.36. The fourth-order valence-electron chi connectivity index (χ4n) is 3.09. The van der Waals surface area contributed by atoms with Crippen molar-refractivity contribution in [2.75, 3.05) is 11.4 Å². The number of alkyl halides is 3. The van der Waals surface area contributed by atoms with Crippen molar-refractivity contribution in [3.05, 3.63) is 47.9 Å². The van der Waals surface area contributed by atoms with Crippen LogP contribution in [0.5, 0.6) is 0 Å². The Morgan fingerprint density at radius 3 is 2.75 bits per heavy atom. The average molecular weight is 334 g/mol. The van der Waals surface area contributed by atoms with Gasteiger partial charge < -0.3 is 9.13 Å². The van der Waals surface area contributed by atoms with Crippen LogP contribution in [0.25, 0.3) is 10.9 Å². The van der Waals surface area contributed by atoms with E-state index in [-0.39, 0.29) is 5.91 Å². The molecule has 0 saturated heterocycles. The number of amides is 1. The molecule has 24 heavy (non-hydrogen) atoms. The molecule has 0 fully saturated rings. The SMILES string of the molecule is Cn1c(C(=O)N2CCn3ccnc32)cc2cc(C(F)(F)F)ccc21. The number of hydrogen-bond acceptors (Lipinski definition) is 2. The van der Waals surface area contributed by atoms with Crippen molar-refractivity contribution in [3.8, 4) is 0 Å². The van der Waals surface area contributed by atoms with Gasteiger partial charge in [-0.3, -0.25) is 9.69 Å². The van der Waals surface area contributed by atoms with Gasteiger partial charge in [-0.25, -0.2) is 4.98 Å². The maximum atomic E-state index is 12.9. The van der Waals surface area contributed by atoms with Crippen molar-refractivity contribution >= 4 is 22.8 Å². The molecule has 0 aliphatic carbocycles. The average Bonchev–Trinajstić information content (AvgIpc) is 3.20. The van der Waals surface area contributed by atoms with E-state index in [1.807, 2.05) is 4.57 Å². The minimum Gasteiger partial charge on any atom is -0.340 e. The lowest BCUT2D eigenvalue weighted by atomic mass is 10.1. The summed E-state index contributed by atoms with van der Waals surface area (Å²) in [6, 6.07) is 4.98. The van der Waals surface area contributed by atoms with Crippen LogP contribution < -0.4 is 4.90 Å². The maximum absolute atomic E-state index is 12.9. The lowest BCUT2D eigenvalue weighted by Gasteiger charge is -2.14. The summed E-state index contributed by atoms with van der Waals surface area (Å²) in [6.07, 6.45) is -1.00. The van der Waals surface area contributed by atoms with Crippen molar-refractivity contribution < 1.29 is 18.0 Å². The van der Waals surface area contributed by atoms with Crippen LogP contribution in [0.2, 0.25) is 0 Å². The Morgan fingerprint density at radius 2 is 2.00 bits per heavy atom. The molecule has 1 aliphatic heterocycles. The Kier molecular flexibility index (Phi) is 3.00. The summed E-state index contributed by atoms with van der Waals surface area (Å²) >= 11 is 0. The second-order valence-electron chi connectivity index (χ2n) is 5.74. The van der Waals surface area contributed by atoms with E-state index in [0.29, 0.717) is 35.6 Å². The summed E-state index contributed by atoms with van der Waals surface area (Å²) in [6.45, 7) is 1.15. The van der Waals surface area contributed by atoms with Crippen LogP contribution in [0.15, 0.2) is 36.7 Å². The van der Waals surface area contributed by atoms with Gasteiger partial charge in [0.1, 0.15) is 5.69 Å². The number of aromatic nitrogens is 3. The molecule has 0 bridgehead atoms. The van der Waals surface area contributed by atoms with Crippen LogP contribution in [0, 0.1) is 0 Å². The van der Waals surface area contributed by atoms with Gasteiger partial charge in [0.05, 0.1) is 5.56 Å². The highest BCUT2D eigenvalue weighted by Crippen LogP contribution is 2.32. The minimum atomic E-state index is -4.41. The molecule has 5 nitrogen and oxygen atoms in total. The number of fused-ring (bicyclic) bond motifs is 2. The quantitative estimate of drug-likeness (QED) is 0.686. The molecule has 8 heteroatoms. The standard InChI is InChI=1S/C16H13F3N4O/c1-21-12-3-2-11(16(17,18)19)8-10(12)9-13(21)14(24)23-7-6-22-5-4-20-15(22)23/h2-5,8-9H,6-7H2,1H3. The number of hydrogen-bond donors (Lipinski definition) is 0. The Labute approximate surface area is 134 Å². The highest BCUT2D eigenvalue weighted by atomic mass is 19.4. The predicted octanol–water partition coefficient (Wildman–Crippen LogP) is 3.05. The molecule has 2 aromatic heterocycles. The maximum Gasteiger partial charge on any atom is 0.416 e. The van der Waals surface area contributed by atoms with Gasteiger partial charge in [-0.05, 0) is 24.3 Å². The Balaban J connectivity index is 1.77. The Bertz CT molecular complexity index is 954. The van der Waals surface area contributed by atoms with E-state index < -0.39 is 11.7 Å². The topological polar surface area (TPSA) is 43.1 Å². The van der Waals surface area contributed by atoms with Crippen molar-refractivity contribution in [3.63, 3.8) is 0 Å². The molecule has 1 aromatic carbocycles. The second kappa shape index (κ2) is 4.86. The molecule has 4 rings (SSSR count). The molecule has 0 N–H and O–H groups in total. The fourth-order valence-corrected chi connectivity index (χ4v) is 3.09. The van der Waals surface area contributed by atoms with E-state index in [1.54, 1.807) is 28.9 Å². The Hall–Kier alpha value is -2.77. The fraction of sp³-hybridized carbons (Fsp3) is 0.250. The Morgan fingerprint density at radius 1 is 1.21 bits per heavy atom. The first kappa shape index (κ1) is 14.8. The normalized spacial score (nSPS) is 14.4. The number of benzene rings is 1. The third-order valence-corrected chi connectivity index (χ3v) is 4.33. The third-order valence-electron chi connectivity index (χ3n) is 4.33. The van der Waals surface area contributed by atoms with Crippen LogP contribution in [-0.4, -0.2) is 26.6 Å². The minimum absolute atomic E-state index is 0.271. The van der Waals surface area contributed by atoms with E-state index in [4.69, 9.17) is 0 Å². The van der Waals surface area contributed by atoms with Crippen LogP contribution in [0.3, 0.4) is 0 Å². The number of rotatable bonds is 1. The first-order chi connectivity index (χ1) is 11.4. The van der Waals surface area contributed by atoms with Gasteiger partial charge in [0, 0.05) is 43.4 Å². The number of aryl methyl sites for hydroxylation is 1. The number of carbonyl (C=O) groups excluding carboxylic acids is 1. The molecule has 1 aliphatic rings. The summed E-state index contributed by atoms with van der Waals surface area (Å²) in [7, 11) is 1.67. The summed E-state index contributed by atoms with van der Waals surface area (Å²) < 4.78 is 42.1. The largest absolute Gasteiger partial charge is 0.416 e. The van der Waals surface area contributed by atoms with Crippen LogP contribution >= 0.6 is 0 Å². The van der Waals surface area contributed by atoms with Crippen molar-refractivity contribution in [1.29, 1.82) is 0 Å². The molecule has 3 aromatic rings. The molecule has 0 unspecified atom stereocenters. The molecule has 3 heterocycles. The van der Waals surface area contributed by atoms with Gasteiger partial charge in [0.2, 0.25) is 5.95 Å². The molecule has 0 atom stereocenters. The van der Waals surface area contributed by atoms with Gasteiger partial charge in [-0.2, -0.15) is 13.2 Å². The molecule has 1 amide bonds. The van der Waals surface area contributed by atoms with Gasteiger partial charge in [-0.1, -0.05) is 0 Å². The monoisotopic (exact) mass is 334 g/mol. The van der Waals surface area contributed by atoms with Gasteiger partial charge in [0.15, 0.2) is 0 Å². The third kappa shape index (κ3) is 2.10. The van der Waals surface area contributed by atoms with E-state index in [1.165, 1.54) is 12.1 Å². The smallest absolute Gasteiger partial charge is 0.340 e. The predicted molar refractivity (Wildman–Crippen MR) is 81.8 cm³/mol. The van der Waals surface area contributed by atoms with E-state index in [2.05, 4.69) is 4.98 Å². The van der Waals surface area contributed by atoms with Gasteiger partial charge >= 0.3 is 6.18 Å². The molecule has 0 spiro atoms. The molecule has 0 radical (unpaired) electrons. The second-order valence-corrected chi connectivity index (χ2v) is 5.74. The zero-order valence-corrected chi connectivity index (χ0v) is 12.7. The van der Waals surface area contributed by atoms with E-state index in [9.17, 15) is 18.0 Å². The molecule has 124 valence electrons. The molecule has 0 saturated carbocycles. The first-order valence-corrected chi connectivity index (χ1v) is 7.36. The number of imidazole rings is 1. The number of nitrogens with zero attached hydrogens (tertiary/aromatic N) is 4. The van der Waals surface area contributed by atoms with E-state index >= 15 is 0 Å². The summed E-state index contributed by atoms with van der Waals surface area (Å²) in [5, 5.41) is 0.387. The molecular weight excluding hydrogens is 321 g/mol. The zero-order valence-electron chi connectivity index (χ0n) is 12.7. The van der Waals surface area contributed by atoms with Crippen molar-refractivity contribution in [1.82, 2.24) is 14.1 Å². The van der Waals surface area contributed by atoms with E-state index in [0.717, 1.165) is 12.1 Å². The summed E-state index contributed by atoms with van der Waals surface area (Å²) in [4.78, 5) is 18.5. The van der Waals surface area contributed by atoms with Crippen molar-refractivity contribution in [2.45, 2.75) is 12.7 Å². The summed E-state index contributed by atoms with van der Waals surface area (Å²) in [5.74, 6) is 0.286. The van der Waals surface area contributed by atoms with Crippen LogP contribution in [-0.2, 0) is 19.8 Å². The zero-order chi connectivity index (χ0) is 17.1.